The molecule has 2 aromatic heterocycles. The van der Waals surface area contributed by atoms with Crippen LogP contribution in [0.2, 0.25) is 0 Å². The number of hydrogen-bond acceptors (Lipinski definition) is 5. The first kappa shape index (κ1) is 14.2. The summed E-state index contributed by atoms with van der Waals surface area (Å²) in [5.41, 5.74) is -1.08. The standard InChI is InChI=1S/C13H15NO3S3/c15-13(10-5-6-10,11-3-1-7-18-11)9-14-20(16,17)12-4-2-8-19-12/h1-4,7-8,10,14-15H,5-6,9H2/t13-/m1/s1. The second-order valence-electron chi connectivity index (χ2n) is 4.93. The molecule has 0 aromatic carbocycles. The minimum absolute atomic E-state index is 0.0262. The van der Waals surface area contributed by atoms with E-state index in [4.69, 9.17) is 0 Å². The molecule has 4 nitrogen and oxygen atoms in total. The quantitative estimate of drug-likeness (QED) is 0.855. The summed E-state index contributed by atoms with van der Waals surface area (Å²) in [4.78, 5) is 0.828. The number of thiophene rings is 2. The highest BCUT2D eigenvalue weighted by atomic mass is 32.2. The molecule has 0 saturated heterocycles. The molecule has 1 atom stereocenters. The number of nitrogens with one attached hydrogen (secondary N) is 1. The molecular weight excluding hydrogens is 314 g/mol. The van der Waals surface area contributed by atoms with Crippen LogP contribution in [-0.4, -0.2) is 20.1 Å². The molecule has 0 unspecified atom stereocenters. The molecule has 0 bridgehead atoms. The summed E-state index contributed by atoms with van der Waals surface area (Å²) in [6.07, 6.45) is 1.88. The predicted molar refractivity (Wildman–Crippen MR) is 80.4 cm³/mol. The summed E-state index contributed by atoms with van der Waals surface area (Å²) in [5, 5.41) is 14.5. The van der Waals surface area contributed by atoms with Crippen LogP contribution >= 0.6 is 22.7 Å². The predicted octanol–water partition coefficient (Wildman–Crippen LogP) is 2.39. The Labute approximate surface area is 126 Å². The maximum atomic E-state index is 12.1. The van der Waals surface area contributed by atoms with Crippen LogP contribution in [0.15, 0.2) is 39.2 Å². The van der Waals surface area contributed by atoms with Gasteiger partial charge < -0.3 is 5.11 Å². The van der Waals surface area contributed by atoms with E-state index in [1.165, 1.54) is 22.7 Å². The number of hydrogen-bond donors (Lipinski definition) is 2. The van der Waals surface area contributed by atoms with Crippen LogP contribution in [-0.2, 0) is 15.6 Å². The van der Waals surface area contributed by atoms with Crippen molar-refractivity contribution in [2.45, 2.75) is 22.7 Å². The summed E-state index contributed by atoms with van der Waals surface area (Å²) >= 11 is 2.64. The fourth-order valence-electron chi connectivity index (χ4n) is 2.21. The zero-order valence-electron chi connectivity index (χ0n) is 10.7. The molecule has 0 aliphatic heterocycles. The van der Waals surface area contributed by atoms with Crippen LogP contribution in [0.4, 0.5) is 0 Å². The van der Waals surface area contributed by atoms with Gasteiger partial charge in [0.25, 0.3) is 0 Å². The molecule has 1 aliphatic carbocycles. The van der Waals surface area contributed by atoms with Crippen molar-refractivity contribution in [2.75, 3.05) is 6.54 Å². The molecule has 1 fully saturated rings. The highest BCUT2D eigenvalue weighted by Gasteiger charge is 2.46. The van der Waals surface area contributed by atoms with Gasteiger partial charge in [-0.2, -0.15) is 0 Å². The highest BCUT2D eigenvalue weighted by molar-refractivity contribution is 7.91. The summed E-state index contributed by atoms with van der Waals surface area (Å²) in [6, 6.07) is 7.00. The van der Waals surface area contributed by atoms with Gasteiger partial charge in [-0.3, -0.25) is 0 Å². The van der Waals surface area contributed by atoms with Gasteiger partial charge in [0.05, 0.1) is 0 Å². The van der Waals surface area contributed by atoms with Crippen molar-refractivity contribution in [3.05, 3.63) is 39.9 Å². The van der Waals surface area contributed by atoms with E-state index in [9.17, 15) is 13.5 Å². The van der Waals surface area contributed by atoms with Crippen LogP contribution in [0.5, 0.6) is 0 Å². The molecular formula is C13H15NO3S3. The molecule has 7 heteroatoms. The molecule has 108 valence electrons. The van der Waals surface area contributed by atoms with E-state index in [2.05, 4.69) is 4.72 Å². The lowest BCUT2D eigenvalue weighted by Gasteiger charge is -2.27. The summed E-state index contributed by atoms with van der Waals surface area (Å²) < 4.78 is 27.1. The van der Waals surface area contributed by atoms with E-state index >= 15 is 0 Å². The van der Waals surface area contributed by atoms with Crippen molar-refractivity contribution in [1.29, 1.82) is 0 Å². The Balaban J connectivity index is 1.79. The SMILES string of the molecule is O=S(=O)(NC[C@](O)(c1cccs1)C1CC1)c1cccs1. The Hall–Kier alpha value is -0.730. The van der Waals surface area contributed by atoms with E-state index < -0.39 is 15.6 Å². The van der Waals surface area contributed by atoms with Gasteiger partial charge in [-0.1, -0.05) is 12.1 Å². The normalized spacial score (nSPS) is 18.9. The molecule has 1 aliphatic rings. The zero-order valence-corrected chi connectivity index (χ0v) is 13.1. The van der Waals surface area contributed by atoms with Crippen molar-refractivity contribution in [1.82, 2.24) is 4.72 Å². The minimum atomic E-state index is -3.53. The van der Waals surface area contributed by atoms with E-state index in [-0.39, 0.29) is 16.7 Å². The summed E-state index contributed by atoms with van der Waals surface area (Å²) in [5.74, 6) is 0.146. The van der Waals surface area contributed by atoms with Crippen molar-refractivity contribution in [3.63, 3.8) is 0 Å². The minimum Gasteiger partial charge on any atom is -0.383 e. The smallest absolute Gasteiger partial charge is 0.250 e. The van der Waals surface area contributed by atoms with Gasteiger partial charge in [-0.05, 0) is 41.7 Å². The number of rotatable bonds is 6. The molecule has 2 heterocycles. The fourth-order valence-corrected chi connectivity index (χ4v) is 5.22. The molecule has 0 spiro atoms. The lowest BCUT2D eigenvalue weighted by Crippen LogP contribution is -2.41. The first-order valence-electron chi connectivity index (χ1n) is 6.32. The Kier molecular flexibility index (Phi) is 3.72. The summed E-state index contributed by atoms with van der Waals surface area (Å²) in [6.45, 7) is 0.0262. The third-order valence-electron chi connectivity index (χ3n) is 3.49. The van der Waals surface area contributed by atoms with Gasteiger partial charge in [0.15, 0.2) is 0 Å². The second kappa shape index (κ2) is 5.23. The first-order chi connectivity index (χ1) is 9.52. The van der Waals surface area contributed by atoms with Crippen molar-refractivity contribution >= 4 is 32.7 Å². The Morgan fingerprint density at radius 2 is 1.95 bits per heavy atom. The lowest BCUT2D eigenvalue weighted by atomic mass is 9.96. The van der Waals surface area contributed by atoms with Gasteiger partial charge in [0, 0.05) is 11.4 Å². The van der Waals surface area contributed by atoms with Gasteiger partial charge in [0.2, 0.25) is 10.0 Å². The van der Waals surface area contributed by atoms with Crippen LogP contribution in [0.1, 0.15) is 17.7 Å². The fraction of sp³-hybridized carbons (Fsp3) is 0.385. The van der Waals surface area contributed by atoms with Gasteiger partial charge in [-0.15, -0.1) is 22.7 Å². The largest absolute Gasteiger partial charge is 0.383 e. The van der Waals surface area contributed by atoms with Gasteiger partial charge in [-0.25, -0.2) is 13.1 Å². The maximum absolute atomic E-state index is 12.1. The molecule has 0 radical (unpaired) electrons. The number of aliphatic hydroxyl groups is 1. The lowest BCUT2D eigenvalue weighted by molar-refractivity contribution is 0.0222. The molecule has 20 heavy (non-hydrogen) atoms. The monoisotopic (exact) mass is 329 g/mol. The highest BCUT2D eigenvalue weighted by Crippen LogP contribution is 2.46. The third-order valence-corrected chi connectivity index (χ3v) is 7.33. The average molecular weight is 329 g/mol. The van der Waals surface area contributed by atoms with Crippen LogP contribution in [0.3, 0.4) is 0 Å². The zero-order chi connectivity index (χ0) is 14.2. The van der Waals surface area contributed by atoms with Gasteiger partial charge >= 0.3 is 0 Å². The second-order valence-corrected chi connectivity index (χ2v) is 8.82. The molecule has 2 N–H and O–H groups in total. The van der Waals surface area contributed by atoms with E-state index in [0.717, 1.165) is 17.7 Å². The Bertz CT molecular complexity index is 660. The average Bonchev–Trinajstić information content (AvgIpc) is 2.96. The van der Waals surface area contributed by atoms with Crippen LogP contribution < -0.4 is 4.72 Å². The molecule has 2 aromatic rings. The topological polar surface area (TPSA) is 66.4 Å². The maximum Gasteiger partial charge on any atom is 0.250 e. The van der Waals surface area contributed by atoms with Gasteiger partial charge in [0.1, 0.15) is 9.81 Å². The molecule has 3 rings (SSSR count). The molecule has 0 amide bonds. The van der Waals surface area contributed by atoms with E-state index in [0.29, 0.717) is 0 Å². The Morgan fingerprint density at radius 3 is 2.50 bits per heavy atom. The van der Waals surface area contributed by atoms with E-state index in [1.54, 1.807) is 17.5 Å². The third kappa shape index (κ3) is 2.68. The van der Waals surface area contributed by atoms with Crippen LogP contribution in [0, 0.1) is 5.92 Å². The van der Waals surface area contributed by atoms with Crippen molar-refractivity contribution < 1.29 is 13.5 Å². The number of sulfonamides is 1. The molecule has 1 saturated carbocycles. The van der Waals surface area contributed by atoms with Crippen molar-refractivity contribution in [2.24, 2.45) is 5.92 Å². The van der Waals surface area contributed by atoms with Crippen LogP contribution in [0.25, 0.3) is 0 Å². The summed E-state index contributed by atoms with van der Waals surface area (Å²) in [7, 11) is -3.53. The van der Waals surface area contributed by atoms with E-state index in [1.807, 2.05) is 17.5 Å². The Morgan fingerprint density at radius 1 is 1.25 bits per heavy atom. The van der Waals surface area contributed by atoms with Crippen molar-refractivity contribution in [3.8, 4) is 0 Å². The first-order valence-corrected chi connectivity index (χ1v) is 9.56.